The molecule has 3 nitrogen and oxygen atoms in total. The highest BCUT2D eigenvalue weighted by molar-refractivity contribution is 5.29. The number of hydrogen-bond acceptors (Lipinski definition) is 3. The maximum Gasteiger partial charge on any atom is 0.118 e. The Labute approximate surface area is 122 Å². The zero-order valence-corrected chi connectivity index (χ0v) is 13.1. The molecular weight excluding hydrogens is 250 g/mol. The maximum atomic E-state index is 5.79. The molecule has 1 fully saturated rings. The number of hydrogen-bond donors (Lipinski definition) is 1. The second-order valence-electron chi connectivity index (χ2n) is 6.20. The molecule has 1 N–H and O–H groups in total. The molecule has 2 atom stereocenters. The first-order valence-electron chi connectivity index (χ1n) is 7.58. The number of ether oxygens (including phenoxy) is 2. The molecule has 1 saturated heterocycles. The average Bonchev–Trinajstić information content (AvgIpc) is 2.44. The van der Waals surface area contributed by atoms with Gasteiger partial charge in [-0.3, -0.25) is 0 Å². The molecule has 0 bridgehead atoms. The summed E-state index contributed by atoms with van der Waals surface area (Å²) in [6.07, 6.45) is 3.25. The molecule has 2 unspecified atom stereocenters. The Balaban J connectivity index is 2.00. The van der Waals surface area contributed by atoms with Gasteiger partial charge in [0.15, 0.2) is 0 Å². The van der Waals surface area contributed by atoms with E-state index < -0.39 is 0 Å². The molecular formula is C17H27NO2. The fourth-order valence-electron chi connectivity index (χ4n) is 2.94. The molecule has 1 aromatic rings. The third kappa shape index (κ3) is 3.97. The van der Waals surface area contributed by atoms with Crippen molar-refractivity contribution in [1.29, 1.82) is 0 Å². The summed E-state index contributed by atoms with van der Waals surface area (Å²) in [5.41, 5.74) is 1.33. The van der Waals surface area contributed by atoms with Crippen molar-refractivity contribution < 1.29 is 9.47 Å². The maximum absolute atomic E-state index is 5.79. The van der Waals surface area contributed by atoms with Crippen molar-refractivity contribution in [3.63, 3.8) is 0 Å². The van der Waals surface area contributed by atoms with Gasteiger partial charge in [-0.25, -0.2) is 0 Å². The Morgan fingerprint density at radius 3 is 2.60 bits per heavy atom. The molecule has 1 aromatic carbocycles. The standard InChI is InChI=1S/C17H27NO2/c1-5-16(13-6-8-15(19-4)9-7-13)18-14-10-11-20-17(2,3)12-14/h6-9,14,16,18H,5,10-12H2,1-4H3. The topological polar surface area (TPSA) is 30.5 Å². The van der Waals surface area contributed by atoms with Crippen LogP contribution in [0.25, 0.3) is 0 Å². The molecule has 20 heavy (non-hydrogen) atoms. The van der Waals surface area contributed by atoms with Crippen molar-refractivity contribution in [1.82, 2.24) is 5.32 Å². The van der Waals surface area contributed by atoms with Crippen molar-refractivity contribution in [2.75, 3.05) is 13.7 Å². The Morgan fingerprint density at radius 2 is 2.05 bits per heavy atom. The van der Waals surface area contributed by atoms with Crippen molar-refractivity contribution >= 4 is 0 Å². The minimum atomic E-state index is -0.00584. The molecule has 1 heterocycles. The normalized spacial score (nSPS) is 23.3. The van der Waals surface area contributed by atoms with Crippen LogP contribution in [0, 0.1) is 0 Å². The minimum Gasteiger partial charge on any atom is -0.497 e. The third-order valence-corrected chi connectivity index (χ3v) is 4.06. The van der Waals surface area contributed by atoms with Gasteiger partial charge in [-0.15, -0.1) is 0 Å². The average molecular weight is 277 g/mol. The smallest absolute Gasteiger partial charge is 0.118 e. The fourth-order valence-corrected chi connectivity index (χ4v) is 2.94. The van der Waals surface area contributed by atoms with Crippen LogP contribution in [-0.4, -0.2) is 25.4 Å². The summed E-state index contributed by atoms with van der Waals surface area (Å²) in [4.78, 5) is 0. The van der Waals surface area contributed by atoms with E-state index in [0.29, 0.717) is 12.1 Å². The molecule has 112 valence electrons. The summed E-state index contributed by atoms with van der Waals surface area (Å²) in [7, 11) is 1.70. The molecule has 0 saturated carbocycles. The highest BCUT2D eigenvalue weighted by Gasteiger charge is 2.29. The second-order valence-corrected chi connectivity index (χ2v) is 6.20. The molecule has 1 aliphatic rings. The van der Waals surface area contributed by atoms with Crippen LogP contribution in [0.2, 0.25) is 0 Å². The first-order valence-corrected chi connectivity index (χ1v) is 7.58. The van der Waals surface area contributed by atoms with Crippen LogP contribution >= 0.6 is 0 Å². The SMILES string of the molecule is CCC(NC1CCOC(C)(C)C1)c1ccc(OC)cc1. The largest absolute Gasteiger partial charge is 0.497 e. The van der Waals surface area contributed by atoms with Crippen LogP contribution in [0.5, 0.6) is 5.75 Å². The van der Waals surface area contributed by atoms with E-state index >= 15 is 0 Å². The number of benzene rings is 1. The zero-order valence-electron chi connectivity index (χ0n) is 13.1. The summed E-state index contributed by atoms with van der Waals surface area (Å²) in [6, 6.07) is 9.32. The van der Waals surface area contributed by atoms with Crippen molar-refractivity contribution in [2.24, 2.45) is 0 Å². The van der Waals surface area contributed by atoms with Crippen LogP contribution in [0.4, 0.5) is 0 Å². The van der Waals surface area contributed by atoms with Crippen LogP contribution in [0.1, 0.15) is 51.6 Å². The molecule has 0 amide bonds. The Kier molecular flexibility index (Phi) is 5.06. The van der Waals surface area contributed by atoms with E-state index in [4.69, 9.17) is 9.47 Å². The summed E-state index contributed by atoms with van der Waals surface area (Å²) >= 11 is 0. The lowest BCUT2D eigenvalue weighted by Gasteiger charge is -2.37. The first-order chi connectivity index (χ1) is 9.54. The lowest BCUT2D eigenvalue weighted by Crippen LogP contribution is -2.44. The molecule has 0 aliphatic carbocycles. The van der Waals surface area contributed by atoms with E-state index in [1.807, 2.05) is 12.1 Å². The number of nitrogens with one attached hydrogen (secondary N) is 1. The fraction of sp³-hybridized carbons (Fsp3) is 0.647. The van der Waals surface area contributed by atoms with Gasteiger partial charge >= 0.3 is 0 Å². The van der Waals surface area contributed by atoms with E-state index in [-0.39, 0.29) is 5.60 Å². The molecule has 2 rings (SSSR count). The van der Waals surface area contributed by atoms with Gasteiger partial charge in [-0.2, -0.15) is 0 Å². The van der Waals surface area contributed by atoms with Gasteiger partial charge in [0.2, 0.25) is 0 Å². The Bertz CT molecular complexity index is 414. The van der Waals surface area contributed by atoms with Crippen molar-refractivity contribution in [3.8, 4) is 5.75 Å². The molecule has 0 spiro atoms. The van der Waals surface area contributed by atoms with Gasteiger partial charge in [-0.1, -0.05) is 19.1 Å². The molecule has 0 aromatic heterocycles. The summed E-state index contributed by atoms with van der Waals surface area (Å²) in [5.74, 6) is 0.913. The molecule has 0 radical (unpaired) electrons. The van der Waals surface area contributed by atoms with E-state index in [9.17, 15) is 0 Å². The predicted molar refractivity (Wildman–Crippen MR) is 82.2 cm³/mol. The minimum absolute atomic E-state index is 0.00584. The summed E-state index contributed by atoms with van der Waals surface area (Å²) in [5, 5.41) is 3.79. The highest BCUT2D eigenvalue weighted by atomic mass is 16.5. The number of methoxy groups -OCH3 is 1. The van der Waals surface area contributed by atoms with Crippen molar-refractivity contribution in [2.45, 2.75) is 57.7 Å². The third-order valence-electron chi connectivity index (χ3n) is 4.06. The Hall–Kier alpha value is -1.06. The van der Waals surface area contributed by atoms with Crippen LogP contribution in [-0.2, 0) is 4.74 Å². The van der Waals surface area contributed by atoms with Gasteiger partial charge < -0.3 is 14.8 Å². The summed E-state index contributed by atoms with van der Waals surface area (Å²) in [6.45, 7) is 7.43. The predicted octanol–water partition coefficient (Wildman–Crippen LogP) is 3.69. The van der Waals surface area contributed by atoms with E-state index in [1.54, 1.807) is 7.11 Å². The van der Waals surface area contributed by atoms with Gasteiger partial charge in [0.25, 0.3) is 0 Å². The van der Waals surface area contributed by atoms with E-state index in [2.05, 4.69) is 38.2 Å². The van der Waals surface area contributed by atoms with E-state index in [1.165, 1.54) is 5.56 Å². The lowest BCUT2D eigenvalue weighted by atomic mass is 9.92. The Morgan fingerprint density at radius 1 is 1.35 bits per heavy atom. The van der Waals surface area contributed by atoms with Gasteiger partial charge in [0, 0.05) is 18.7 Å². The second kappa shape index (κ2) is 6.59. The summed E-state index contributed by atoms with van der Waals surface area (Å²) < 4.78 is 11.0. The lowest BCUT2D eigenvalue weighted by molar-refractivity contribution is -0.0642. The monoisotopic (exact) mass is 277 g/mol. The van der Waals surface area contributed by atoms with Gasteiger partial charge in [0.05, 0.1) is 12.7 Å². The van der Waals surface area contributed by atoms with Crippen LogP contribution in [0.15, 0.2) is 24.3 Å². The first kappa shape index (κ1) is 15.3. The highest BCUT2D eigenvalue weighted by Crippen LogP contribution is 2.27. The quantitative estimate of drug-likeness (QED) is 0.890. The zero-order chi connectivity index (χ0) is 14.6. The van der Waals surface area contributed by atoms with Crippen LogP contribution < -0.4 is 10.1 Å². The van der Waals surface area contributed by atoms with E-state index in [0.717, 1.165) is 31.6 Å². The van der Waals surface area contributed by atoms with Crippen LogP contribution in [0.3, 0.4) is 0 Å². The molecule has 3 heteroatoms. The molecule has 1 aliphatic heterocycles. The van der Waals surface area contributed by atoms with Crippen molar-refractivity contribution in [3.05, 3.63) is 29.8 Å². The van der Waals surface area contributed by atoms with Gasteiger partial charge in [0.1, 0.15) is 5.75 Å². The van der Waals surface area contributed by atoms with Gasteiger partial charge in [-0.05, 0) is 50.8 Å². The number of rotatable bonds is 5.